The molecule has 0 atom stereocenters. The average molecular weight is 226 g/mol. The molecule has 1 rings (SSSR count). The van der Waals surface area contributed by atoms with Gasteiger partial charge in [0.1, 0.15) is 0 Å². The minimum Gasteiger partial charge on any atom is -0.342 e. The molecule has 0 amide bonds. The number of aromatic nitrogens is 2. The molecule has 1 aromatic heterocycles. The topological polar surface area (TPSA) is 68.2 Å². The lowest BCUT2D eigenvalue weighted by atomic mass is 10.1. The molecule has 0 aliphatic heterocycles. The van der Waals surface area contributed by atoms with E-state index in [0.29, 0.717) is 5.95 Å². The maximum atomic E-state index is 5.43. The van der Waals surface area contributed by atoms with Gasteiger partial charge in [0.15, 0.2) is 0 Å². The van der Waals surface area contributed by atoms with Crippen LogP contribution >= 0.6 is 0 Å². The van der Waals surface area contributed by atoms with Crippen molar-refractivity contribution in [2.45, 2.75) is 39.0 Å². The molecule has 0 aliphatic carbocycles. The van der Waals surface area contributed by atoms with Gasteiger partial charge in [-0.15, -0.1) is 0 Å². The van der Waals surface area contributed by atoms with E-state index in [2.05, 4.69) is 17.1 Å². The summed E-state index contributed by atoms with van der Waals surface area (Å²) >= 11 is 0. The molecule has 92 valence electrons. The van der Waals surface area contributed by atoms with Gasteiger partial charge in [0.05, 0.1) is 0 Å². The first kappa shape index (κ1) is 13.0. The number of nitrogens with zero attached hydrogens (tertiary/aromatic N) is 3. The summed E-state index contributed by atoms with van der Waals surface area (Å²) in [7, 11) is 1.95. The van der Waals surface area contributed by atoms with Crippen molar-refractivity contribution >= 4 is 5.95 Å². The molecule has 0 saturated carbocycles. The molecule has 0 bridgehead atoms. The Morgan fingerprint density at radius 3 is 2.69 bits per heavy atom. The van der Waals surface area contributed by atoms with Crippen molar-refractivity contribution in [3.63, 3.8) is 0 Å². The maximum Gasteiger partial charge on any atom is 0.265 e. The van der Waals surface area contributed by atoms with Crippen LogP contribution in [-0.4, -0.2) is 30.3 Å². The first-order valence-electron chi connectivity index (χ1n) is 6.01. The van der Waals surface area contributed by atoms with E-state index in [1.165, 1.54) is 12.8 Å². The van der Waals surface area contributed by atoms with Gasteiger partial charge in [-0.3, -0.25) is 0 Å². The van der Waals surface area contributed by atoms with Crippen LogP contribution in [0.1, 0.15) is 38.5 Å². The molecule has 0 aliphatic rings. The number of hydrogen-bond acceptors (Lipinski definition) is 5. The third kappa shape index (κ3) is 4.18. The lowest BCUT2D eigenvalue weighted by Gasteiger charge is -2.08. The molecular weight excluding hydrogens is 204 g/mol. The lowest BCUT2D eigenvalue weighted by molar-refractivity contribution is 0.373. The molecule has 0 radical (unpaired) electrons. The molecular formula is C11H22N4O. The summed E-state index contributed by atoms with van der Waals surface area (Å²) in [6.07, 6.45) is 5.44. The Morgan fingerprint density at radius 2 is 2.00 bits per heavy atom. The van der Waals surface area contributed by atoms with Crippen LogP contribution in [0.3, 0.4) is 0 Å². The van der Waals surface area contributed by atoms with E-state index < -0.39 is 0 Å². The summed E-state index contributed by atoms with van der Waals surface area (Å²) in [6, 6.07) is 0. The van der Waals surface area contributed by atoms with Gasteiger partial charge in [0.25, 0.3) is 5.95 Å². The lowest BCUT2D eigenvalue weighted by Crippen LogP contribution is -2.17. The van der Waals surface area contributed by atoms with E-state index in [1.807, 2.05) is 11.9 Å². The summed E-state index contributed by atoms with van der Waals surface area (Å²) in [6.45, 7) is 3.73. The van der Waals surface area contributed by atoms with E-state index in [-0.39, 0.29) is 0 Å². The summed E-state index contributed by atoms with van der Waals surface area (Å²) in [5.74, 6) is 1.42. The SMILES string of the molecule is CCN(C)c1noc(CCCCCCN)n1. The molecule has 0 spiro atoms. The number of anilines is 1. The Labute approximate surface area is 97.0 Å². The highest BCUT2D eigenvalue weighted by atomic mass is 16.5. The summed E-state index contributed by atoms with van der Waals surface area (Å²) in [4.78, 5) is 6.28. The standard InChI is InChI=1S/C11H22N4O/c1-3-15(2)11-13-10(16-14-11)8-6-4-5-7-9-12/h3-9,12H2,1-2H3. The van der Waals surface area contributed by atoms with Crippen LogP contribution in [0.15, 0.2) is 4.52 Å². The Kier molecular flexibility index (Phi) is 5.85. The van der Waals surface area contributed by atoms with Gasteiger partial charge in [-0.25, -0.2) is 0 Å². The van der Waals surface area contributed by atoms with Gasteiger partial charge >= 0.3 is 0 Å². The van der Waals surface area contributed by atoms with Crippen LogP contribution in [-0.2, 0) is 6.42 Å². The van der Waals surface area contributed by atoms with Gasteiger partial charge in [0.2, 0.25) is 5.89 Å². The van der Waals surface area contributed by atoms with Gasteiger partial charge in [-0.05, 0) is 31.5 Å². The third-order valence-corrected chi connectivity index (χ3v) is 2.62. The second-order valence-electron chi connectivity index (χ2n) is 3.96. The Morgan fingerprint density at radius 1 is 1.25 bits per heavy atom. The first-order chi connectivity index (χ1) is 7.77. The van der Waals surface area contributed by atoms with Crippen molar-refractivity contribution in [1.29, 1.82) is 0 Å². The van der Waals surface area contributed by atoms with E-state index in [4.69, 9.17) is 10.3 Å². The smallest absolute Gasteiger partial charge is 0.265 e. The molecule has 5 nitrogen and oxygen atoms in total. The number of aryl methyl sites for hydroxylation is 1. The molecule has 2 N–H and O–H groups in total. The number of hydrogen-bond donors (Lipinski definition) is 1. The van der Waals surface area contributed by atoms with E-state index >= 15 is 0 Å². The van der Waals surface area contributed by atoms with Crippen LogP contribution in [0.5, 0.6) is 0 Å². The Bertz CT molecular complexity index is 287. The van der Waals surface area contributed by atoms with Crippen molar-refractivity contribution in [3.8, 4) is 0 Å². The van der Waals surface area contributed by atoms with Crippen molar-refractivity contribution in [3.05, 3.63) is 5.89 Å². The molecule has 1 aromatic rings. The normalized spacial score (nSPS) is 10.7. The Balaban J connectivity index is 2.24. The average Bonchev–Trinajstić information content (AvgIpc) is 2.76. The first-order valence-corrected chi connectivity index (χ1v) is 6.01. The van der Waals surface area contributed by atoms with Gasteiger partial charge in [-0.1, -0.05) is 12.8 Å². The van der Waals surface area contributed by atoms with E-state index in [0.717, 1.165) is 38.2 Å². The van der Waals surface area contributed by atoms with Crippen molar-refractivity contribution in [1.82, 2.24) is 10.1 Å². The zero-order chi connectivity index (χ0) is 11.8. The van der Waals surface area contributed by atoms with Gasteiger partial charge < -0.3 is 15.2 Å². The summed E-state index contributed by atoms with van der Waals surface area (Å²) < 4.78 is 5.17. The molecule has 0 aromatic carbocycles. The molecule has 0 fully saturated rings. The predicted molar refractivity (Wildman–Crippen MR) is 64.5 cm³/mol. The van der Waals surface area contributed by atoms with Crippen LogP contribution in [0, 0.1) is 0 Å². The van der Waals surface area contributed by atoms with Crippen molar-refractivity contribution < 1.29 is 4.52 Å². The number of nitrogens with two attached hydrogens (primary N) is 1. The maximum absolute atomic E-state index is 5.43. The van der Waals surface area contributed by atoms with Crippen molar-refractivity contribution in [2.24, 2.45) is 5.73 Å². The van der Waals surface area contributed by atoms with Crippen molar-refractivity contribution in [2.75, 3.05) is 25.0 Å². The number of rotatable bonds is 8. The van der Waals surface area contributed by atoms with Gasteiger partial charge in [0, 0.05) is 20.0 Å². The highest BCUT2D eigenvalue weighted by Gasteiger charge is 2.08. The Hall–Kier alpha value is -1.10. The predicted octanol–water partition coefficient (Wildman–Crippen LogP) is 1.59. The van der Waals surface area contributed by atoms with E-state index in [1.54, 1.807) is 0 Å². The fourth-order valence-electron chi connectivity index (χ4n) is 1.42. The monoisotopic (exact) mass is 226 g/mol. The number of unbranched alkanes of at least 4 members (excludes halogenated alkanes) is 3. The van der Waals surface area contributed by atoms with Crippen LogP contribution in [0.25, 0.3) is 0 Å². The highest BCUT2D eigenvalue weighted by molar-refractivity contribution is 5.24. The van der Waals surface area contributed by atoms with Crippen LogP contribution in [0.2, 0.25) is 0 Å². The summed E-state index contributed by atoms with van der Waals surface area (Å²) in [5.41, 5.74) is 5.43. The zero-order valence-corrected chi connectivity index (χ0v) is 10.3. The van der Waals surface area contributed by atoms with Crippen LogP contribution < -0.4 is 10.6 Å². The minimum absolute atomic E-state index is 0.680. The fraction of sp³-hybridized carbons (Fsp3) is 0.818. The summed E-state index contributed by atoms with van der Waals surface area (Å²) in [5, 5.41) is 3.92. The zero-order valence-electron chi connectivity index (χ0n) is 10.3. The second-order valence-corrected chi connectivity index (χ2v) is 3.96. The largest absolute Gasteiger partial charge is 0.342 e. The highest BCUT2D eigenvalue weighted by Crippen LogP contribution is 2.10. The molecule has 0 unspecified atom stereocenters. The fourth-order valence-corrected chi connectivity index (χ4v) is 1.42. The minimum atomic E-state index is 0.680. The molecule has 5 heteroatoms. The quantitative estimate of drug-likeness (QED) is 0.682. The van der Waals surface area contributed by atoms with Crippen LogP contribution in [0.4, 0.5) is 5.95 Å². The second kappa shape index (κ2) is 7.22. The molecule has 0 saturated heterocycles. The van der Waals surface area contributed by atoms with Gasteiger partial charge in [-0.2, -0.15) is 4.98 Å². The molecule has 16 heavy (non-hydrogen) atoms. The third-order valence-electron chi connectivity index (χ3n) is 2.62. The van der Waals surface area contributed by atoms with E-state index in [9.17, 15) is 0 Å². The molecule has 1 heterocycles.